The fourth-order valence-corrected chi connectivity index (χ4v) is 1.87. The summed E-state index contributed by atoms with van der Waals surface area (Å²) in [5.74, 6) is -0.617. The van der Waals surface area contributed by atoms with Crippen LogP contribution in [-0.4, -0.2) is 22.4 Å². The van der Waals surface area contributed by atoms with Gasteiger partial charge in [-0.3, -0.25) is 0 Å². The first kappa shape index (κ1) is 19.0. The Kier molecular flexibility index (Phi) is 6.17. The predicted octanol–water partition coefficient (Wildman–Crippen LogP) is 2.95. The van der Waals surface area contributed by atoms with Crippen molar-refractivity contribution in [3.8, 4) is 5.69 Å². The summed E-state index contributed by atoms with van der Waals surface area (Å²) in [6, 6.07) is 4.43. The molecule has 0 saturated heterocycles. The second-order valence-electron chi connectivity index (χ2n) is 4.42. The number of rotatable bonds is 4. The van der Waals surface area contributed by atoms with Crippen molar-refractivity contribution in [2.75, 3.05) is 6.61 Å². The van der Waals surface area contributed by atoms with Crippen molar-refractivity contribution in [3.63, 3.8) is 0 Å². The second kappa shape index (κ2) is 7.47. The molecular formula is C14H15ClF3N3O2. The third kappa shape index (κ3) is 4.23. The van der Waals surface area contributed by atoms with Crippen LogP contribution in [-0.2, 0) is 17.5 Å². The Hall–Kier alpha value is -2.06. The number of aromatic nitrogens is 2. The van der Waals surface area contributed by atoms with Gasteiger partial charge in [0.15, 0.2) is 5.69 Å². The van der Waals surface area contributed by atoms with Gasteiger partial charge in [0.05, 0.1) is 17.9 Å². The van der Waals surface area contributed by atoms with E-state index in [0.717, 1.165) is 12.1 Å². The van der Waals surface area contributed by atoms with E-state index < -0.39 is 17.7 Å². The molecule has 0 unspecified atom stereocenters. The van der Waals surface area contributed by atoms with Crippen molar-refractivity contribution in [3.05, 3.63) is 47.3 Å². The highest BCUT2D eigenvalue weighted by Crippen LogP contribution is 2.29. The second-order valence-corrected chi connectivity index (χ2v) is 4.42. The molecule has 0 radical (unpaired) electrons. The Bertz CT molecular complexity index is 669. The number of hydrogen-bond acceptors (Lipinski definition) is 4. The molecule has 2 N–H and O–H groups in total. The number of esters is 1. The van der Waals surface area contributed by atoms with Gasteiger partial charge in [0, 0.05) is 18.3 Å². The number of carbonyl (C=O) groups is 1. The summed E-state index contributed by atoms with van der Waals surface area (Å²) in [6.45, 7) is 1.91. The van der Waals surface area contributed by atoms with Gasteiger partial charge >= 0.3 is 12.1 Å². The van der Waals surface area contributed by atoms with Crippen LogP contribution in [0.1, 0.15) is 28.5 Å². The molecule has 0 aliphatic heterocycles. The molecule has 5 nitrogen and oxygen atoms in total. The fourth-order valence-electron chi connectivity index (χ4n) is 1.87. The van der Waals surface area contributed by atoms with Crippen molar-refractivity contribution in [2.45, 2.75) is 19.6 Å². The highest BCUT2D eigenvalue weighted by molar-refractivity contribution is 5.88. The summed E-state index contributed by atoms with van der Waals surface area (Å²) < 4.78 is 43.8. The predicted molar refractivity (Wildman–Crippen MR) is 79.7 cm³/mol. The van der Waals surface area contributed by atoms with Crippen molar-refractivity contribution in [2.24, 2.45) is 5.73 Å². The maximum absolute atomic E-state index is 12.5. The lowest BCUT2D eigenvalue weighted by Crippen LogP contribution is -2.10. The number of nitrogens with zero attached hydrogens (tertiary/aromatic N) is 2. The molecule has 2 rings (SSSR count). The molecule has 1 aromatic heterocycles. The number of nitrogens with two attached hydrogens (primary N) is 1. The maximum Gasteiger partial charge on any atom is 0.416 e. The Balaban J connectivity index is 0.00000264. The smallest absolute Gasteiger partial charge is 0.416 e. The van der Waals surface area contributed by atoms with Gasteiger partial charge in [0.2, 0.25) is 0 Å². The highest BCUT2D eigenvalue weighted by Gasteiger charge is 2.30. The zero-order chi connectivity index (χ0) is 16.3. The summed E-state index contributed by atoms with van der Waals surface area (Å²) in [5.41, 5.74) is 5.69. The van der Waals surface area contributed by atoms with Crippen LogP contribution in [0, 0.1) is 0 Å². The minimum atomic E-state index is -4.40. The van der Waals surface area contributed by atoms with E-state index >= 15 is 0 Å². The molecule has 0 spiro atoms. The van der Waals surface area contributed by atoms with Gasteiger partial charge in [-0.05, 0) is 31.2 Å². The first-order valence-corrected chi connectivity index (χ1v) is 6.50. The van der Waals surface area contributed by atoms with Gasteiger partial charge in [0.1, 0.15) is 0 Å². The summed E-state index contributed by atoms with van der Waals surface area (Å²) in [4.78, 5) is 11.8. The number of carbonyl (C=O) groups excluding carboxylic acids is 1. The molecule has 1 heterocycles. The highest BCUT2D eigenvalue weighted by atomic mass is 35.5. The van der Waals surface area contributed by atoms with E-state index in [2.05, 4.69) is 5.10 Å². The number of ether oxygens (including phenoxy) is 1. The Morgan fingerprint density at radius 1 is 1.30 bits per heavy atom. The maximum atomic E-state index is 12.5. The minimum Gasteiger partial charge on any atom is -0.461 e. The number of alkyl halides is 3. The van der Waals surface area contributed by atoms with Crippen LogP contribution in [0.2, 0.25) is 0 Å². The molecule has 0 fully saturated rings. The monoisotopic (exact) mass is 349 g/mol. The Labute approximate surface area is 136 Å². The molecule has 23 heavy (non-hydrogen) atoms. The molecule has 0 saturated carbocycles. The van der Waals surface area contributed by atoms with Crippen molar-refractivity contribution >= 4 is 18.4 Å². The number of halogens is 4. The van der Waals surface area contributed by atoms with E-state index in [1.165, 1.54) is 23.0 Å². The van der Waals surface area contributed by atoms with Crippen LogP contribution >= 0.6 is 12.4 Å². The van der Waals surface area contributed by atoms with Gasteiger partial charge in [-0.15, -0.1) is 12.4 Å². The van der Waals surface area contributed by atoms with Crippen LogP contribution in [0.5, 0.6) is 0 Å². The molecule has 1 aromatic carbocycles. The summed E-state index contributed by atoms with van der Waals surface area (Å²) in [5, 5.41) is 4.04. The largest absolute Gasteiger partial charge is 0.461 e. The fraction of sp³-hybridized carbons (Fsp3) is 0.286. The molecule has 0 aliphatic carbocycles. The first-order valence-electron chi connectivity index (χ1n) is 6.50. The summed E-state index contributed by atoms with van der Waals surface area (Å²) >= 11 is 0. The third-order valence-electron chi connectivity index (χ3n) is 2.94. The molecule has 0 amide bonds. The van der Waals surface area contributed by atoms with Crippen LogP contribution in [0.3, 0.4) is 0 Å². The van der Waals surface area contributed by atoms with E-state index in [1.54, 1.807) is 6.92 Å². The Morgan fingerprint density at radius 2 is 1.91 bits per heavy atom. The normalized spacial score (nSPS) is 11.0. The van der Waals surface area contributed by atoms with Gasteiger partial charge < -0.3 is 10.5 Å². The molecule has 2 aromatic rings. The molecule has 0 aliphatic rings. The van der Waals surface area contributed by atoms with E-state index in [-0.39, 0.29) is 31.3 Å². The van der Waals surface area contributed by atoms with Crippen molar-refractivity contribution in [1.29, 1.82) is 0 Å². The average molecular weight is 350 g/mol. The lowest BCUT2D eigenvalue weighted by Gasteiger charge is -2.07. The molecule has 0 bridgehead atoms. The molecular weight excluding hydrogens is 335 g/mol. The van der Waals surface area contributed by atoms with E-state index in [9.17, 15) is 18.0 Å². The van der Waals surface area contributed by atoms with Gasteiger partial charge in [0.25, 0.3) is 0 Å². The van der Waals surface area contributed by atoms with Gasteiger partial charge in [-0.25, -0.2) is 9.48 Å². The standard InChI is InChI=1S/C14H14F3N3O2.ClH/c1-2-22-13(21)12-9(7-18)8-20(19-12)11-5-3-10(4-6-11)14(15,16)17;/h3-6,8H,2,7,18H2,1H3;1H. The van der Waals surface area contributed by atoms with Gasteiger partial charge in [-0.1, -0.05) is 0 Å². The Morgan fingerprint density at radius 3 is 2.39 bits per heavy atom. The number of benzene rings is 1. The van der Waals surface area contributed by atoms with E-state index in [0.29, 0.717) is 11.3 Å². The summed E-state index contributed by atoms with van der Waals surface area (Å²) in [6.07, 6.45) is -2.91. The number of hydrogen-bond donors (Lipinski definition) is 1. The molecule has 9 heteroatoms. The molecule has 0 atom stereocenters. The molecule has 126 valence electrons. The first-order chi connectivity index (χ1) is 10.4. The quantitative estimate of drug-likeness (QED) is 0.862. The lowest BCUT2D eigenvalue weighted by atomic mass is 10.2. The topological polar surface area (TPSA) is 70.1 Å². The average Bonchev–Trinajstić information content (AvgIpc) is 2.91. The SMILES string of the molecule is CCOC(=O)c1nn(-c2ccc(C(F)(F)F)cc2)cc1CN.Cl. The lowest BCUT2D eigenvalue weighted by molar-refractivity contribution is -0.137. The van der Waals surface area contributed by atoms with Crippen LogP contribution in [0.15, 0.2) is 30.5 Å². The van der Waals surface area contributed by atoms with Crippen LogP contribution in [0.25, 0.3) is 5.69 Å². The third-order valence-corrected chi connectivity index (χ3v) is 2.94. The van der Waals surface area contributed by atoms with Crippen LogP contribution in [0.4, 0.5) is 13.2 Å². The van der Waals surface area contributed by atoms with Crippen molar-refractivity contribution in [1.82, 2.24) is 9.78 Å². The van der Waals surface area contributed by atoms with E-state index in [4.69, 9.17) is 10.5 Å². The zero-order valence-electron chi connectivity index (χ0n) is 12.1. The zero-order valence-corrected chi connectivity index (χ0v) is 12.9. The minimum absolute atomic E-state index is 0. The van der Waals surface area contributed by atoms with Gasteiger partial charge in [-0.2, -0.15) is 18.3 Å². The van der Waals surface area contributed by atoms with Crippen molar-refractivity contribution < 1.29 is 22.7 Å². The van der Waals surface area contributed by atoms with E-state index in [1.807, 2.05) is 0 Å². The van der Waals surface area contributed by atoms with Crippen LogP contribution < -0.4 is 5.73 Å². The summed E-state index contributed by atoms with van der Waals surface area (Å²) in [7, 11) is 0.